The van der Waals surface area contributed by atoms with Crippen LogP contribution in [0.1, 0.15) is 18.1 Å². The number of hydrogen-bond donors (Lipinski definition) is 2. The van der Waals surface area contributed by atoms with Crippen molar-refractivity contribution in [2.45, 2.75) is 19.9 Å². The van der Waals surface area contributed by atoms with Crippen molar-refractivity contribution in [2.24, 2.45) is 0 Å². The Balaban J connectivity index is 0.00000192. The van der Waals surface area contributed by atoms with E-state index in [9.17, 15) is 0 Å². The third-order valence-electron chi connectivity index (χ3n) is 3.78. The zero-order chi connectivity index (χ0) is 15.2. The molecule has 0 aliphatic heterocycles. The lowest BCUT2D eigenvalue weighted by atomic mass is 10.1. The number of ether oxygens (including phenoxy) is 1. The van der Waals surface area contributed by atoms with Gasteiger partial charge in [-0.2, -0.15) is 0 Å². The largest absolute Gasteiger partial charge is 1.00 e. The van der Waals surface area contributed by atoms with E-state index in [1.165, 1.54) is 22.0 Å². The van der Waals surface area contributed by atoms with Crippen molar-refractivity contribution < 1.29 is 17.1 Å². The van der Waals surface area contributed by atoms with E-state index in [1.54, 1.807) is 0 Å². The Morgan fingerprint density at radius 3 is 2.83 bits per heavy atom. The quantitative estimate of drug-likeness (QED) is 0.632. The molecule has 0 fully saturated rings. The Labute approximate surface area is 143 Å². The van der Waals surface area contributed by atoms with E-state index in [4.69, 9.17) is 4.74 Å². The fraction of sp³-hybridized carbons (Fsp3) is 0.263. The summed E-state index contributed by atoms with van der Waals surface area (Å²) < 4.78 is 5.53. The van der Waals surface area contributed by atoms with E-state index in [1.807, 2.05) is 19.1 Å². The molecule has 1 heterocycles. The number of hydrogen-bond acceptors (Lipinski definition) is 2. The standard InChI is InChI=1S/C19H22N2O.ClH/c1-2-22-17-7-5-6-15(12-17)13-20-11-10-16-14-21-19-9-4-3-8-18(16)19;/h3-9,12,14,20-21H,2,10-11,13H2,1H3;1H/p-1. The molecule has 23 heavy (non-hydrogen) atoms. The van der Waals surface area contributed by atoms with Gasteiger partial charge in [0.15, 0.2) is 0 Å². The predicted octanol–water partition coefficient (Wildman–Crippen LogP) is 0.903. The molecule has 3 aromatic rings. The Morgan fingerprint density at radius 2 is 1.96 bits per heavy atom. The van der Waals surface area contributed by atoms with E-state index in [2.05, 4.69) is 52.9 Å². The second-order valence-electron chi connectivity index (χ2n) is 5.37. The lowest BCUT2D eigenvalue weighted by Crippen LogP contribution is -3.00. The lowest BCUT2D eigenvalue weighted by molar-refractivity contribution is -0.00000509. The zero-order valence-corrected chi connectivity index (χ0v) is 14.1. The second-order valence-corrected chi connectivity index (χ2v) is 5.37. The van der Waals surface area contributed by atoms with Crippen LogP contribution < -0.4 is 22.5 Å². The molecule has 3 rings (SSSR count). The number of aromatic amines is 1. The molecule has 0 saturated heterocycles. The molecule has 0 amide bonds. The van der Waals surface area contributed by atoms with Crippen LogP contribution in [-0.2, 0) is 13.0 Å². The number of fused-ring (bicyclic) bond motifs is 1. The molecule has 122 valence electrons. The summed E-state index contributed by atoms with van der Waals surface area (Å²) in [7, 11) is 0. The van der Waals surface area contributed by atoms with E-state index in [-0.39, 0.29) is 12.4 Å². The monoisotopic (exact) mass is 329 g/mol. The van der Waals surface area contributed by atoms with Crippen LogP contribution in [0.15, 0.2) is 54.7 Å². The van der Waals surface area contributed by atoms with Crippen molar-refractivity contribution in [3.8, 4) is 5.75 Å². The van der Waals surface area contributed by atoms with Gasteiger partial charge in [0.2, 0.25) is 0 Å². The number of nitrogens with one attached hydrogen (secondary N) is 2. The average molecular weight is 330 g/mol. The van der Waals surface area contributed by atoms with E-state index in [0.29, 0.717) is 6.61 Å². The molecule has 0 spiro atoms. The molecule has 4 heteroatoms. The van der Waals surface area contributed by atoms with Gasteiger partial charge in [0.25, 0.3) is 0 Å². The van der Waals surface area contributed by atoms with Crippen molar-refractivity contribution in [1.82, 2.24) is 10.3 Å². The summed E-state index contributed by atoms with van der Waals surface area (Å²) in [5.41, 5.74) is 3.83. The summed E-state index contributed by atoms with van der Waals surface area (Å²) >= 11 is 0. The van der Waals surface area contributed by atoms with Crippen molar-refractivity contribution in [3.05, 3.63) is 65.9 Å². The highest BCUT2D eigenvalue weighted by Gasteiger charge is 2.02. The highest BCUT2D eigenvalue weighted by atomic mass is 35.5. The minimum absolute atomic E-state index is 0. The van der Waals surface area contributed by atoms with Gasteiger partial charge in [-0.15, -0.1) is 0 Å². The molecule has 0 atom stereocenters. The molecule has 1 aromatic heterocycles. The molecule has 0 aliphatic rings. The van der Waals surface area contributed by atoms with Gasteiger partial charge in [-0.1, -0.05) is 30.3 Å². The summed E-state index contributed by atoms with van der Waals surface area (Å²) in [4.78, 5) is 3.32. The van der Waals surface area contributed by atoms with Crippen LogP contribution >= 0.6 is 0 Å². The third kappa shape index (κ3) is 4.50. The van der Waals surface area contributed by atoms with Gasteiger partial charge in [0.05, 0.1) is 6.61 Å². The number of benzene rings is 2. The summed E-state index contributed by atoms with van der Waals surface area (Å²) in [5.74, 6) is 0.943. The topological polar surface area (TPSA) is 37.0 Å². The molecule has 2 N–H and O–H groups in total. The van der Waals surface area contributed by atoms with Crippen molar-refractivity contribution in [3.63, 3.8) is 0 Å². The molecule has 0 saturated carbocycles. The Kier molecular flexibility index (Phi) is 6.51. The molecule has 2 aromatic carbocycles. The SMILES string of the molecule is CCOc1cccc(CNCCc2c[nH]c3ccccc23)c1.[Cl-]. The Morgan fingerprint density at radius 1 is 1.09 bits per heavy atom. The van der Waals surface area contributed by atoms with E-state index < -0.39 is 0 Å². The third-order valence-corrected chi connectivity index (χ3v) is 3.78. The fourth-order valence-corrected chi connectivity index (χ4v) is 2.71. The molecule has 0 aliphatic carbocycles. The van der Waals surface area contributed by atoms with Crippen LogP contribution in [0.3, 0.4) is 0 Å². The second kappa shape index (κ2) is 8.61. The van der Waals surface area contributed by atoms with Gasteiger partial charge in [0.1, 0.15) is 5.75 Å². The maximum Gasteiger partial charge on any atom is 0.119 e. The zero-order valence-electron chi connectivity index (χ0n) is 13.3. The number of para-hydroxylation sites is 1. The molecule has 0 unspecified atom stereocenters. The van der Waals surface area contributed by atoms with Crippen LogP contribution in [0.5, 0.6) is 5.75 Å². The number of H-pyrrole nitrogens is 1. The number of rotatable bonds is 7. The van der Waals surface area contributed by atoms with Crippen LogP contribution in [0.2, 0.25) is 0 Å². The summed E-state index contributed by atoms with van der Waals surface area (Å²) in [6, 6.07) is 16.7. The molecular weight excluding hydrogens is 308 g/mol. The first-order chi connectivity index (χ1) is 10.9. The van der Waals surface area contributed by atoms with Crippen LogP contribution in [-0.4, -0.2) is 18.1 Å². The highest BCUT2D eigenvalue weighted by molar-refractivity contribution is 5.83. The normalized spacial score (nSPS) is 10.5. The molecule has 3 nitrogen and oxygen atoms in total. The summed E-state index contributed by atoms with van der Waals surface area (Å²) in [6.45, 7) is 4.54. The predicted molar refractivity (Wildman–Crippen MR) is 91.3 cm³/mol. The van der Waals surface area contributed by atoms with Gasteiger partial charge in [-0.3, -0.25) is 0 Å². The summed E-state index contributed by atoms with van der Waals surface area (Å²) in [6.07, 6.45) is 3.14. The average Bonchev–Trinajstić information content (AvgIpc) is 2.96. The van der Waals surface area contributed by atoms with Gasteiger partial charge < -0.3 is 27.4 Å². The molecule has 0 bridgehead atoms. The van der Waals surface area contributed by atoms with Gasteiger partial charge >= 0.3 is 0 Å². The number of halogens is 1. The van der Waals surface area contributed by atoms with Crippen LogP contribution in [0.25, 0.3) is 10.9 Å². The Hall–Kier alpha value is -1.97. The minimum Gasteiger partial charge on any atom is -1.00 e. The molecular formula is C19H22ClN2O-. The fourth-order valence-electron chi connectivity index (χ4n) is 2.71. The minimum atomic E-state index is 0. The van der Waals surface area contributed by atoms with Crippen molar-refractivity contribution in [1.29, 1.82) is 0 Å². The highest BCUT2D eigenvalue weighted by Crippen LogP contribution is 2.18. The van der Waals surface area contributed by atoms with Gasteiger partial charge in [0, 0.05) is 23.6 Å². The van der Waals surface area contributed by atoms with Crippen LogP contribution in [0.4, 0.5) is 0 Å². The maximum absolute atomic E-state index is 5.53. The van der Waals surface area contributed by atoms with Gasteiger partial charge in [-0.25, -0.2) is 0 Å². The van der Waals surface area contributed by atoms with Crippen LogP contribution in [0, 0.1) is 0 Å². The maximum atomic E-state index is 5.53. The first-order valence-electron chi connectivity index (χ1n) is 7.84. The van der Waals surface area contributed by atoms with Crippen molar-refractivity contribution >= 4 is 10.9 Å². The van der Waals surface area contributed by atoms with Crippen molar-refractivity contribution in [2.75, 3.05) is 13.2 Å². The van der Waals surface area contributed by atoms with Gasteiger partial charge in [-0.05, 0) is 49.2 Å². The molecule has 0 radical (unpaired) electrons. The smallest absolute Gasteiger partial charge is 0.119 e. The van der Waals surface area contributed by atoms with E-state index in [0.717, 1.165) is 25.3 Å². The number of aromatic nitrogens is 1. The lowest BCUT2D eigenvalue weighted by Gasteiger charge is -2.07. The first kappa shape index (κ1) is 17.4. The Bertz CT molecular complexity index is 739. The summed E-state index contributed by atoms with van der Waals surface area (Å²) in [5, 5.41) is 4.83. The van der Waals surface area contributed by atoms with E-state index >= 15 is 0 Å². The first-order valence-corrected chi connectivity index (χ1v) is 7.84.